The number of amides is 1. The summed E-state index contributed by atoms with van der Waals surface area (Å²) in [5, 5.41) is 21.8. The maximum absolute atomic E-state index is 11.8. The topological polar surface area (TPSA) is 69.6 Å². The standard InChI is InChI=1S/C14H12ClNO3/c15-11-8-10(6-7-12(11)17)16-14(19)13(18)9-4-2-1-3-5-9/h1-8,13,17-18H,(H,16,19). The molecule has 0 saturated carbocycles. The van der Waals surface area contributed by atoms with Crippen molar-refractivity contribution in [3.63, 3.8) is 0 Å². The molecule has 0 bridgehead atoms. The normalized spacial score (nSPS) is 11.9. The first kappa shape index (κ1) is 13.4. The van der Waals surface area contributed by atoms with Crippen LogP contribution in [0.1, 0.15) is 11.7 Å². The fourth-order valence-electron chi connectivity index (χ4n) is 1.58. The third kappa shape index (κ3) is 3.24. The van der Waals surface area contributed by atoms with E-state index in [4.69, 9.17) is 11.6 Å². The number of halogens is 1. The van der Waals surface area contributed by atoms with Gasteiger partial charge in [0.05, 0.1) is 5.02 Å². The molecule has 0 aliphatic heterocycles. The molecule has 0 radical (unpaired) electrons. The summed E-state index contributed by atoms with van der Waals surface area (Å²) in [6, 6.07) is 12.9. The van der Waals surface area contributed by atoms with Crippen molar-refractivity contribution in [3.8, 4) is 5.75 Å². The van der Waals surface area contributed by atoms with Gasteiger partial charge in [0.1, 0.15) is 5.75 Å². The fraction of sp³-hybridized carbons (Fsp3) is 0.0714. The van der Waals surface area contributed by atoms with Crippen LogP contribution in [-0.2, 0) is 4.79 Å². The minimum Gasteiger partial charge on any atom is -0.506 e. The Kier molecular flexibility index (Phi) is 4.04. The van der Waals surface area contributed by atoms with Crippen molar-refractivity contribution in [1.82, 2.24) is 0 Å². The quantitative estimate of drug-likeness (QED) is 0.756. The summed E-state index contributed by atoms with van der Waals surface area (Å²) in [5.74, 6) is -0.628. The van der Waals surface area contributed by atoms with Crippen LogP contribution < -0.4 is 5.32 Å². The summed E-state index contributed by atoms with van der Waals surface area (Å²) in [6.07, 6.45) is -1.26. The van der Waals surface area contributed by atoms with Gasteiger partial charge in [0.15, 0.2) is 6.10 Å². The number of aliphatic hydroxyl groups excluding tert-OH is 1. The molecule has 5 heteroatoms. The summed E-state index contributed by atoms with van der Waals surface area (Å²) in [6.45, 7) is 0. The molecular weight excluding hydrogens is 266 g/mol. The number of phenolic OH excluding ortho intramolecular Hbond substituents is 1. The first-order valence-electron chi connectivity index (χ1n) is 5.60. The number of phenols is 1. The Morgan fingerprint density at radius 1 is 1.16 bits per heavy atom. The molecule has 19 heavy (non-hydrogen) atoms. The number of aromatic hydroxyl groups is 1. The molecular formula is C14H12ClNO3. The van der Waals surface area contributed by atoms with Gasteiger partial charge in [-0.05, 0) is 23.8 Å². The molecule has 2 aromatic carbocycles. The van der Waals surface area contributed by atoms with Gasteiger partial charge in [-0.3, -0.25) is 4.79 Å². The Labute approximate surface area is 115 Å². The zero-order chi connectivity index (χ0) is 13.8. The number of rotatable bonds is 3. The van der Waals surface area contributed by atoms with E-state index in [0.717, 1.165) is 0 Å². The number of benzene rings is 2. The van der Waals surface area contributed by atoms with E-state index in [1.807, 2.05) is 0 Å². The molecule has 1 amide bonds. The van der Waals surface area contributed by atoms with Crippen LogP contribution in [0.3, 0.4) is 0 Å². The molecule has 1 unspecified atom stereocenters. The van der Waals surface area contributed by atoms with Crippen LogP contribution in [0.15, 0.2) is 48.5 Å². The van der Waals surface area contributed by atoms with Crippen LogP contribution in [0.4, 0.5) is 5.69 Å². The number of hydrogen-bond donors (Lipinski definition) is 3. The van der Waals surface area contributed by atoms with E-state index >= 15 is 0 Å². The van der Waals surface area contributed by atoms with Crippen molar-refractivity contribution in [1.29, 1.82) is 0 Å². The third-order valence-electron chi connectivity index (χ3n) is 2.58. The lowest BCUT2D eigenvalue weighted by molar-refractivity contribution is -0.124. The van der Waals surface area contributed by atoms with Gasteiger partial charge in [-0.25, -0.2) is 0 Å². The maximum Gasteiger partial charge on any atom is 0.257 e. The predicted octanol–water partition coefficient (Wildman–Crippen LogP) is 2.72. The number of nitrogens with one attached hydrogen (secondary N) is 1. The molecule has 0 heterocycles. The van der Waals surface area contributed by atoms with E-state index in [0.29, 0.717) is 11.3 Å². The highest BCUT2D eigenvalue weighted by Crippen LogP contribution is 2.26. The number of carbonyl (C=O) groups is 1. The Hall–Kier alpha value is -2.04. The highest BCUT2D eigenvalue weighted by molar-refractivity contribution is 6.32. The SMILES string of the molecule is O=C(Nc1ccc(O)c(Cl)c1)C(O)c1ccccc1. The lowest BCUT2D eigenvalue weighted by Gasteiger charge is -2.12. The van der Waals surface area contributed by atoms with E-state index in [2.05, 4.69) is 5.32 Å². The predicted molar refractivity (Wildman–Crippen MR) is 73.1 cm³/mol. The first-order chi connectivity index (χ1) is 9.08. The van der Waals surface area contributed by atoms with Gasteiger partial charge in [-0.2, -0.15) is 0 Å². The average Bonchev–Trinajstić information content (AvgIpc) is 2.43. The Bertz CT molecular complexity index is 586. The summed E-state index contributed by atoms with van der Waals surface area (Å²) >= 11 is 5.73. The monoisotopic (exact) mass is 277 g/mol. The Morgan fingerprint density at radius 3 is 2.47 bits per heavy atom. The zero-order valence-corrected chi connectivity index (χ0v) is 10.6. The number of anilines is 1. The molecule has 2 rings (SSSR count). The summed E-state index contributed by atoms with van der Waals surface area (Å²) in [7, 11) is 0. The van der Waals surface area contributed by atoms with Crippen LogP contribution in [0.2, 0.25) is 5.02 Å². The second-order valence-electron chi connectivity index (χ2n) is 3.97. The molecule has 0 aliphatic rings. The lowest BCUT2D eigenvalue weighted by atomic mass is 10.1. The third-order valence-corrected chi connectivity index (χ3v) is 2.88. The smallest absolute Gasteiger partial charge is 0.257 e. The second-order valence-corrected chi connectivity index (χ2v) is 4.38. The highest BCUT2D eigenvalue weighted by Gasteiger charge is 2.17. The molecule has 0 saturated heterocycles. The largest absolute Gasteiger partial charge is 0.506 e. The van der Waals surface area contributed by atoms with Gasteiger partial charge in [-0.1, -0.05) is 41.9 Å². The van der Waals surface area contributed by atoms with Crippen molar-refractivity contribution >= 4 is 23.2 Å². The Balaban J connectivity index is 2.10. The summed E-state index contributed by atoms with van der Waals surface area (Å²) in [5.41, 5.74) is 0.910. The van der Waals surface area contributed by atoms with Gasteiger partial charge in [0, 0.05) is 5.69 Å². The number of carbonyl (C=O) groups excluding carboxylic acids is 1. The number of aliphatic hydroxyl groups is 1. The average molecular weight is 278 g/mol. The first-order valence-corrected chi connectivity index (χ1v) is 5.98. The van der Waals surface area contributed by atoms with Crippen molar-refractivity contribution in [2.24, 2.45) is 0 Å². The molecule has 0 spiro atoms. The van der Waals surface area contributed by atoms with Gasteiger partial charge in [-0.15, -0.1) is 0 Å². The molecule has 0 aliphatic carbocycles. The van der Waals surface area contributed by atoms with E-state index < -0.39 is 12.0 Å². The molecule has 0 fully saturated rings. The summed E-state index contributed by atoms with van der Waals surface area (Å²) in [4.78, 5) is 11.8. The molecule has 2 aromatic rings. The van der Waals surface area contributed by atoms with E-state index in [1.54, 1.807) is 30.3 Å². The fourth-order valence-corrected chi connectivity index (χ4v) is 1.76. The van der Waals surface area contributed by atoms with Crippen LogP contribution in [0.25, 0.3) is 0 Å². The van der Waals surface area contributed by atoms with Crippen LogP contribution >= 0.6 is 11.6 Å². The molecule has 98 valence electrons. The van der Waals surface area contributed by atoms with Crippen molar-refractivity contribution in [3.05, 3.63) is 59.1 Å². The highest BCUT2D eigenvalue weighted by atomic mass is 35.5. The van der Waals surface area contributed by atoms with Gasteiger partial charge < -0.3 is 15.5 Å². The van der Waals surface area contributed by atoms with Gasteiger partial charge in [0.2, 0.25) is 0 Å². The van der Waals surface area contributed by atoms with E-state index in [1.165, 1.54) is 18.2 Å². The summed E-state index contributed by atoms with van der Waals surface area (Å²) < 4.78 is 0. The second kappa shape index (κ2) is 5.73. The maximum atomic E-state index is 11.8. The molecule has 0 aromatic heterocycles. The van der Waals surface area contributed by atoms with Crippen LogP contribution in [-0.4, -0.2) is 16.1 Å². The molecule has 1 atom stereocenters. The Morgan fingerprint density at radius 2 is 1.84 bits per heavy atom. The molecule has 3 N–H and O–H groups in total. The van der Waals surface area contributed by atoms with Crippen molar-refractivity contribution in [2.75, 3.05) is 5.32 Å². The minimum absolute atomic E-state index is 0.0664. The van der Waals surface area contributed by atoms with Gasteiger partial charge in [0.25, 0.3) is 5.91 Å². The van der Waals surface area contributed by atoms with Crippen molar-refractivity contribution in [2.45, 2.75) is 6.10 Å². The van der Waals surface area contributed by atoms with Crippen LogP contribution in [0, 0.1) is 0 Å². The zero-order valence-electron chi connectivity index (χ0n) is 9.88. The lowest BCUT2D eigenvalue weighted by Crippen LogP contribution is -2.20. The van der Waals surface area contributed by atoms with Crippen LogP contribution in [0.5, 0.6) is 5.75 Å². The number of hydrogen-bond acceptors (Lipinski definition) is 3. The minimum atomic E-state index is -1.26. The van der Waals surface area contributed by atoms with E-state index in [9.17, 15) is 15.0 Å². The van der Waals surface area contributed by atoms with Crippen molar-refractivity contribution < 1.29 is 15.0 Å². The van der Waals surface area contributed by atoms with Gasteiger partial charge >= 0.3 is 0 Å². The molecule has 4 nitrogen and oxygen atoms in total. The van der Waals surface area contributed by atoms with E-state index in [-0.39, 0.29) is 10.8 Å².